The summed E-state index contributed by atoms with van der Waals surface area (Å²) in [7, 11) is -3.88. The minimum Gasteiger partial charge on any atom is -0.390 e. The molecule has 1 fully saturated rings. The molecule has 0 aliphatic carbocycles. The number of hydrogen-bond donors (Lipinski definition) is 2. The van der Waals surface area contributed by atoms with Crippen LogP contribution in [0.25, 0.3) is 0 Å². The highest BCUT2D eigenvalue weighted by atomic mass is 32.2. The third-order valence-electron chi connectivity index (χ3n) is 2.80. The Bertz CT molecular complexity index is 348. The Morgan fingerprint density at radius 3 is 2.65 bits per heavy atom. The van der Waals surface area contributed by atoms with Crippen LogP contribution in [0.15, 0.2) is 0 Å². The van der Waals surface area contributed by atoms with E-state index in [0.717, 1.165) is 19.3 Å². The largest absolute Gasteiger partial charge is 0.390 e. The molecule has 1 aliphatic heterocycles. The summed E-state index contributed by atoms with van der Waals surface area (Å²) in [6, 6.07) is -0.177. The Morgan fingerprint density at radius 1 is 1.47 bits per heavy atom. The Hall–Kier alpha value is -0.310. The zero-order valence-electron chi connectivity index (χ0n) is 9.70. The van der Waals surface area contributed by atoms with Gasteiger partial charge >= 0.3 is 0 Å². The van der Waals surface area contributed by atoms with Crippen molar-refractivity contribution in [1.82, 2.24) is 9.03 Å². The predicted octanol–water partition coefficient (Wildman–Crippen LogP) is 0.323. The van der Waals surface area contributed by atoms with Crippen molar-refractivity contribution in [1.29, 1.82) is 0 Å². The van der Waals surface area contributed by atoms with Gasteiger partial charge in [0.05, 0.1) is 6.54 Å². The zero-order valence-corrected chi connectivity index (χ0v) is 10.5. The highest BCUT2D eigenvalue weighted by Crippen LogP contribution is 2.19. The highest BCUT2D eigenvalue weighted by Gasteiger charge is 2.34. The Labute approximate surface area is 100.0 Å². The predicted molar refractivity (Wildman–Crippen MR) is 59.0 cm³/mol. The van der Waals surface area contributed by atoms with E-state index in [1.165, 1.54) is 4.31 Å². The maximum absolute atomic E-state index is 12.8. The first-order valence-corrected chi connectivity index (χ1v) is 6.97. The molecule has 2 N–H and O–H groups in total. The fourth-order valence-electron chi connectivity index (χ4n) is 1.76. The van der Waals surface area contributed by atoms with Crippen molar-refractivity contribution in [3.63, 3.8) is 0 Å². The summed E-state index contributed by atoms with van der Waals surface area (Å²) in [5, 5.41) is 8.35. The number of nitrogens with one attached hydrogen (secondary N) is 1. The molecule has 1 saturated heterocycles. The number of hydrogen-bond acceptors (Lipinski definition) is 3. The average Bonchev–Trinajstić information content (AvgIpc) is 2.27. The molecule has 0 aromatic carbocycles. The van der Waals surface area contributed by atoms with Crippen molar-refractivity contribution >= 4 is 10.2 Å². The number of aliphatic hydroxyl groups is 1. The second kappa shape index (κ2) is 5.55. The van der Waals surface area contributed by atoms with Gasteiger partial charge in [0.2, 0.25) is 0 Å². The van der Waals surface area contributed by atoms with Crippen LogP contribution in [-0.4, -0.2) is 49.5 Å². The lowest BCUT2D eigenvalue weighted by Gasteiger charge is -2.32. The van der Waals surface area contributed by atoms with Crippen LogP contribution in [0, 0.1) is 0 Å². The number of nitrogens with zero attached hydrogens (tertiary/aromatic N) is 1. The van der Waals surface area contributed by atoms with Crippen LogP contribution in [0.2, 0.25) is 0 Å². The molecule has 0 spiro atoms. The van der Waals surface area contributed by atoms with Crippen molar-refractivity contribution in [3.8, 4) is 0 Å². The SMILES string of the molecule is CC1CCCCN1S(=O)(=O)NCC(F)(F)CO. The summed E-state index contributed by atoms with van der Waals surface area (Å²) in [6.45, 7) is -0.343. The molecule has 0 aromatic rings. The number of alkyl halides is 2. The van der Waals surface area contributed by atoms with Gasteiger partial charge in [0.25, 0.3) is 16.1 Å². The second-order valence-corrected chi connectivity index (χ2v) is 6.00. The molecule has 17 heavy (non-hydrogen) atoms. The number of halogens is 2. The van der Waals surface area contributed by atoms with E-state index < -0.39 is 29.3 Å². The Kier molecular flexibility index (Phi) is 4.82. The van der Waals surface area contributed by atoms with Crippen molar-refractivity contribution in [2.24, 2.45) is 0 Å². The first-order valence-electron chi connectivity index (χ1n) is 5.53. The van der Waals surface area contributed by atoms with Crippen LogP contribution >= 0.6 is 0 Å². The topological polar surface area (TPSA) is 69.6 Å². The van der Waals surface area contributed by atoms with Gasteiger partial charge in [-0.1, -0.05) is 6.42 Å². The number of rotatable bonds is 5. The van der Waals surface area contributed by atoms with Gasteiger partial charge in [-0.05, 0) is 19.8 Å². The zero-order chi connectivity index (χ0) is 13.1. The van der Waals surface area contributed by atoms with Gasteiger partial charge in [-0.3, -0.25) is 0 Å². The molecular weight excluding hydrogens is 254 g/mol. The van der Waals surface area contributed by atoms with E-state index >= 15 is 0 Å². The lowest BCUT2D eigenvalue weighted by atomic mass is 10.1. The summed E-state index contributed by atoms with van der Waals surface area (Å²) in [4.78, 5) is 0. The van der Waals surface area contributed by atoms with Gasteiger partial charge in [0, 0.05) is 12.6 Å². The summed E-state index contributed by atoms with van der Waals surface area (Å²) in [5.41, 5.74) is 0. The molecule has 0 amide bonds. The van der Waals surface area contributed by atoms with Crippen LogP contribution in [0.4, 0.5) is 8.78 Å². The molecule has 1 unspecified atom stereocenters. The fourth-order valence-corrected chi connectivity index (χ4v) is 3.27. The first-order chi connectivity index (χ1) is 7.78. The molecule has 1 atom stereocenters. The van der Waals surface area contributed by atoms with Gasteiger partial charge < -0.3 is 5.11 Å². The lowest BCUT2D eigenvalue weighted by Crippen LogP contribution is -2.50. The summed E-state index contributed by atoms with van der Waals surface area (Å²) >= 11 is 0. The molecule has 0 saturated carbocycles. The standard InChI is InChI=1S/C9H18F2N2O3S/c1-8-4-2-3-5-13(8)17(15,16)12-6-9(10,11)7-14/h8,12,14H,2-7H2,1H3. The van der Waals surface area contributed by atoms with Gasteiger partial charge in [-0.2, -0.15) is 17.4 Å². The highest BCUT2D eigenvalue weighted by molar-refractivity contribution is 7.87. The normalized spacial score (nSPS) is 23.9. The van der Waals surface area contributed by atoms with E-state index in [-0.39, 0.29) is 6.04 Å². The summed E-state index contributed by atoms with van der Waals surface area (Å²) < 4.78 is 52.1. The smallest absolute Gasteiger partial charge is 0.283 e. The molecule has 0 radical (unpaired) electrons. The molecule has 0 bridgehead atoms. The van der Waals surface area contributed by atoms with Crippen LogP contribution in [-0.2, 0) is 10.2 Å². The Balaban J connectivity index is 2.62. The van der Waals surface area contributed by atoms with Gasteiger partial charge in [0.15, 0.2) is 0 Å². The third kappa shape index (κ3) is 4.13. The van der Waals surface area contributed by atoms with Gasteiger partial charge in [-0.15, -0.1) is 0 Å². The maximum atomic E-state index is 12.8. The molecular formula is C9H18F2N2O3S. The molecule has 1 rings (SSSR count). The average molecular weight is 272 g/mol. The van der Waals surface area contributed by atoms with Gasteiger partial charge in [-0.25, -0.2) is 8.78 Å². The van der Waals surface area contributed by atoms with E-state index in [1.54, 1.807) is 6.92 Å². The molecule has 0 aromatic heterocycles. The molecule has 8 heteroatoms. The van der Waals surface area contributed by atoms with Crippen molar-refractivity contribution in [2.75, 3.05) is 19.7 Å². The van der Waals surface area contributed by atoms with E-state index in [0.29, 0.717) is 6.54 Å². The maximum Gasteiger partial charge on any atom is 0.283 e. The van der Waals surface area contributed by atoms with Crippen LogP contribution in [0.1, 0.15) is 26.2 Å². The third-order valence-corrected chi connectivity index (χ3v) is 4.46. The fraction of sp³-hybridized carbons (Fsp3) is 1.00. The lowest BCUT2D eigenvalue weighted by molar-refractivity contribution is -0.0440. The van der Waals surface area contributed by atoms with E-state index in [1.807, 2.05) is 4.72 Å². The van der Waals surface area contributed by atoms with E-state index in [2.05, 4.69) is 0 Å². The van der Waals surface area contributed by atoms with Crippen molar-refractivity contribution in [2.45, 2.75) is 38.2 Å². The molecule has 1 heterocycles. The molecule has 1 aliphatic rings. The minimum absolute atomic E-state index is 0.177. The van der Waals surface area contributed by atoms with Crippen molar-refractivity contribution in [3.05, 3.63) is 0 Å². The van der Waals surface area contributed by atoms with E-state index in [4.69, 9.17) is 5.11 Å². The molecule has 102 valence electrons. The quantitative estimate of drug-likeness (QED) is 0.757. The second-order valence-electron chi connectivity index (χ2n) is 4.30. The van der Waals surface area contributed by atoms with Crippen LogP contribution < -0.4 is 4.72 Å². The van der Waals surface area contributed by atoms with Gasteiger partial charge in [0.1, 0.15) is 6.61 Å². The minimum atomic E-state index is -3.88. The monoisotopic (exact) mass is 272 g/mol. The number of piperidine rings is 1. The van der Waals surface area contributed by atoms with Crippen molar-refractivity contribution < 1.29 is 22.3 Å². The summed E-state index contributed by atoms with van der Waals surface area (Å²) in [6.07, 6.45) is 2.42. The number of aliphatic hydroxyl groups excluding tert-OH is 1. The van der Waals surface area contributed by atoms with Crippen LogP contribution in [0.3, 0.4) is 0 Å². The Morgan fingerprint density at radius 2 is 2.12 bits per heavy atom. The summed E-state index contributed by atoms with van der Waals surface area (Å²) in [5.74, 6) is -3.42. The molecule has 5 nitrogen and oxygen atoms in total. The van der Waals surface area contributed by atoms with E-state index in [9.17, 15) is 17.2 Å². The first kappa shape index (κ1) is 14.7. The van der Waals surface area contributed by atoms with Crippen LogP contribution in [0.5, 0.6) is 0 Å².